The summed E-state index contributed by atoms with van der Waals surface area (Å²) in [4.78, 5) is 0. The quantitative estimate of drug-likeness (QED) is 0.0481. The molecular formula is C52H96N2+2. The molecule has 0 heterocycles. The fourth-order valence-corrected chi connectivity index (χ4v) is 8.14. The third kappa shape index (κ3) is 33.7. The third-order valence-corrected chi connectivity index (χ3v) is 11.6. The van der Waals surface area contributed by atoms with Crippen LogP contribution in [-0.4, -0.2) is 50.2 Å². The number of quaternary nitrogens is 2. The van der Waals surface area contributed by atoms with E-state index in [0.717, 1.165) is 22.1 Å². The molecule has 0 radical (unpaired) electrons. The Morgan fingerprint density at radius 2 is 0.481 bits per heavy atom. The molecule has 0 fully saturated rings. The van der Waals surface area contributed by atoms with E-state index in [1.807, 2.05) is 0 Å². The lowest BCUT2D eigenvalue weighted by Crippen LogP contribution is -2.39. The van der Waals surface area contributed by atoms with E-state index >= 15 is 0 Å². The smallest absolute Gasteiger partial charge is 0.104 e. The summed E-state index contributed by atoms with van der Waals surface area (Å²) in [5.41, 5.74) is 2.92. The van der Waals surface area contributed by atoms with E-state index < -0.39 is 0 Å². The van der Waals surface area contributed by atoms with Gasteiger partial charge >= 0.3 is 0 Å². The van der Waals surface area contributed by atoms with Crippen molar-refractivity contribution in [3.05, 3.63) is 71.8 Å². The van der Waals surface area contributed by atoms with Gasteiger partial charge in [0.1, 0.15) is 13.1 Å². The van der Waals surface area contributed by atoms with E-state index in [2.05, 4.69) is 103 Å². The van der Waals surface area contributed by atoms with Gasteiger partial charge < -0.3 is 8.97 Å². The Hall–Kier alpha value is -1.64. The van der Waals surface area contributed by atoms with Crippen molar-refractivity contribution in [2.24, 2.45) is 0 Å². The number of benzene rings is 2. The summed E-state index contributed by atoms with van der Waals surface area (Å²) in [6.07, 6.45) is 43.3. The highest BCUT2D eigenvalue weighted by Crippen LogP contribution is 2.17. The molecule has 0 aromatic heterocycles. The zero-order valence-electron chi connectivity index (χ0n) is 37.7. The minimum Gasteiger partial charge on any atom is -0.325 e. The fraction of sp³-hybridized carbons (Fsp3) is 0.769. The molecular weight excluding hydrogens is 653 g/mol. The van der Waals surface area contributed by atoms with Crippen molar-refractivity contribution in [2.45, 2.75) is 220 Å². The van der Waals surface area contributed by atoms with Gasteiger partial charge in [-0.15, -0.1) is 0 Å². The van der Waals surface area contributed by atoms with Gasteiger partial charge in [0.15, 0.2) is 0 Å². The first-order chi connectivity index (χ1) is 26.3. The van der Waals surface area contributed by atoms with Gasteiger partial charge in [0.2, 0.25) is 0 Å². The summed E-state index contributed by atoms with van der Waals surface area (Å²) in [5, 5.41) is 0. The van der Waals surface area contributed by atoms with E-state index in [0.29, 0.717) is 0 Å². The lowest BCUT2D eigenvalue weighted by atomic mass is 10.0. The van der Waals surface area contributed by atoms with Gasteiger partial charge in [-0.1, -0.05) is 241 Å². The minimum atomic E-state index is 1.11. The molecule has 0 aliphatic heterocycles. The zero-order valence-corrected chi connectivity index (χ0v) is 37.7. The lowest BCUT2D eigenvalue weighted by Gasteiger charge is -2.30. The fourth-order valence-electron chi connectivity index (χ4n) is 8.14. The molecule has 312 valence electrons. The molecule has 2 heteroatoms. The van der Waals surface area contributed by atoms with Crippen molar-refractivity contribution in [1.29, 1.82) is 0 Å². The highest BCUT2D eigenvalue weighted by atomic mass is 15.3. The van der Waals surface area contributed by atoms with Gasteiger partial charge in [0, 0.05) is 11.1 Å². The number of unbranched alkanes of at least 4 members (excludes halogenated alkanes) is 28. The predicted molar refractivity (Wildman–Crippen MR) is 244 cm³/mol. The van der Waals surface area contributed by atoms with Crippen LogP contribution >= 0.6 is 0 Å². The van der Waals surface area contributed by atoms with Crippen LogP contribution in [0.2, 0.25) is 0 Å². The first-order valence-corrected chi connectivity index (χ1v) is 24.0. The lowest BCUT2D eigenvalue weighted by molar-refractivity contribution is -0.903. The molecule has 54 heavy (non-hydrogen) atoms. The minimum absolute atomic E-state index is 1.11. The van der Waals surface area contributed by atoms with E-state index in [-0.39, 0.29) is 0 Å². The van der Waals surface area contributed by atoms with Crippen LogP contribution in [0.5, 0.6) is 0 Å². The molecule has 2 aromatic rings. The van der Waals surface area contributed by atoms with Crippen LogP contribution in [0, 0.1) is 0 Å². The zero-order chi connectivity index (χ0) is 39.3. The molecule has 0 saturated heterocycles. The molecule has 0 saturated carbocycles. The molecule has 0 N–H and O–H groups in total. The van der Waals surface area contributed by atoms with E-state index in [9.17, 15) is 0 Å². The summed E-state index contributed by atoms with van der Waals surface area (Å²) < 4.78 is 2.23. The Morgan fingerprint density at radius 3 is 0.704 bits per heavy atom. The van der Waals surface area contributed by atoms with E-state index in [4.69, 9.17) is 0 Å². The van der Waals surface area contributed by atoms with Crippen LogP contribution in [0.25, 0.3) is 0 Å². The third-order valence-electron chi connectivity index (χ3n) is 11.6. The van der Waals surface area contributed by atoms with Crippen LogP contribution in [0.4, 0.5) is 0 Å². The normalized spacial score (nSPS) is 11.8. The number of rotatable bonds is 36. The molecule has 0 spiro atoms. The van der Waals surface area contributed by atoms with Crippen LogP contribution in [0.1, 0.15) is 218 Å². The number of hydrogen-bond donors (Lipinski definition) is 0. The largest absolute Gasteiger partial charge is 0.325 e. The number of hydrogen-bond acceptors (Lipinski definition) is 0. The van der Waals surface area contributed by atoms with Gasteiger partial charge in [-0.05, 0) is 25.7 Å². The van der Waals surface area contributed by atoms with Gasteiger partial charge in [-0.2, -0.15) is 0 Å². The van der Waals surface area contributed by atoms with Gasteiger partial charge in [0.25, 0.3) is 0 Å². The van der Waals surface area contributed by atoms with Crippen molar-refractivity contribution in [3.8, 4) is 0 Å². The molecule has 0 aliphatic carbocycles. The van der Waals surface area contributed by atoms with Gasteiger partial charge in [-0.25, -0.2) is 0 Å². The molecule has 0 amide bonds. The monoisotopic (exact) mass is 749 g/mol. The summed E-state index contributed by atoms with van der Waals surface area (Å²) >= 11 is 0. The average Bonchev–Trinajstić information content (AvgIpc) is 3.15. The van der Waals surface area contributed by atoms with Crippen LogP contribution < -0.4 is 0 Å². The highest BCUT2D eigenvalue weighted by Gasteiger charge is 2.16. The molecule has 2 rings (SSSR count). The van der Waals surface area contributed by atoms with Crippen molar-refractivity contribution >= 4 is 0 Å². The highest BCUT2D eigenvalue weighted by molar-refractivity contribution is 5.14. The summed E-state index contributed by atoms with van der Waals surface area (Å²) in [6.45, 7) is 9.50. The van der Waals surface area contributed by atoms with Crippen molar-refractivity contribution in [2.75, 3.05) is 41.3 Å². The number of nitrogens with zero attached hydrogens (tertiary/aromatic N) is 2. The molecule has 0 atom stereocenters. The van der Waals surface area contributed by atoms with Crippen molar-refractivity contribution in [3.63, 3.8) is 0 Å². The molecule has 0 unspecified atom stereocenters. The summed E-state index contributed by atoms with van der Waals surface area (Å²) in [6, 6.07) is 21.9. The Morgan fingerprint density at radius 1 is 0.278 bits per heavy atom. The summed E-state index contributed by atoms with van der Waals surface area (Å²) in [5.74, 6) is 0. The first kappa shape index (κ1) is 50.4. The average molecular weight is 749 g/mol. The van der Waals surface area contributed by atoms with Crippen LogP contribution in [0.3, 0.4) is 0 Å². The standard InChI is InChI=1S/C27H50N.C25H46N/c1-4-5-6-7-8-9-10-11-12-13-14-15-16-17-18-22-25-28(2,3)26-27-23-20-19-21-24-27;1-4-5-6-7-8-9-10-11-12-13-14-15-16-20-23-26(2,3)24-25-21-18-17-19-22-25/h19-21,23-24H,4-18,22,25-26H2,1-3H3;17-19,21-22H,4-16,20,23-24H2,1-3H3/q2*+1. The second-order valence-electron chi connectivity index (χ2n) is 18.5. The second-order valence-corrected chi connectivity index (χ2v) is 18.5. The van der Waals surface area contributed by atoms with Crippen LogP contribution in [-0.2, 0) is 13.1 Å². The SMILES string of the molecule is CCCCCCCCCCCCCCCCCC[N+](C)(C)Cc1ccccc1.CCCCCCCCCCCCCCCC[N+](C)(C)Cc1ccccc1. The summed E-state index contributed by atoms with van der Waals surface area (Å²) in [7, 11) is 9.49. The first-order valence-electron chi connectivity index (χ1n) is 24.0. The molecule has 0 aliphatic rings. The van der Waals surface area contributed by atoms with E-state index in [1.54, 1.807) is 0 Å². The maximum absolute atomic E-state index is 2.37. The molecule has 2 nitrogen and oxygen atoms in total. The topological polar surface area (TPSA) is 0 Å². The second kappa shape index (κ2) is 35.8. The maximum atomic E-state index is 2.37. The predicted octanol–water partition coefficient (Wildman–Crippen LogP) is 16.3. The molecule has 0 bridgehead atoms. The van der Waals surface area contributed by atoms with Crippen molar-refractivity contribution < 1.29 is 8.97 Å². The van der Waals surface area contributed by atoms with Gasteiger partial charge in [-0.3, -0.25) is 0 Å². The van der Waals surface area contributed by atoms with Crippen LogP contribution in [0.15, 0.2) is 60.7 Å². The Labute approximate surface area is 340 Å². The Balaban J connectivity index is 0.000000541. The van der Waals surface area contributed by atoms with Crippen molar-refractivity contribution in [1.82, 2.24) is 0 Å². The van der Waals surface area contributed by atoms with Gasteiger partial charge in [0.05, 0.1) is 41.3 Å². The molecule has 2 aromatic carbocycles. The Kier molecular flexibility index (Phi) is 33.4. The maximum Gasteiger partial charge on any atom is 0.104 e. The van der Waals surface area contributed by atoms with E-state index in [1.165, 1.54) is 217 Å². The Bertz CT molecular complexity index is 1010.